The zero-order chi connectivity index (χ0) is 18.7. The number of amides is 3. The molecule has 2 rings (SSSR count). The normalized spacial score (nSPS) is 30.0. The lowest BCUT2D eigenvalue weighted by Crippen LogP contribution is -2.58. The predicted molar refractivity (Wildman–Crippen MR) is 93.2 cm³/mol. The average molecular weight is 354 g/mol. The van der Waals surface area contributed by atoms with Crippen molar-refractivity contribution in [2.45, 2.75) is 76.7 Å². The van der Waals surface area contributed by atoms with Crippen LogP contribution in [-0.2, 0) is 9.59 Å². The summed E-state index contributed by atoms with van der Waals surface area (Å²) in [6.07, 6.45) is 1.85. The molecule has 3 amide bonds. The van der Waals surface area contributed by atoms with Crippen molar-refractivity contribution in [1.29, 1.82) is 0 Å². The van der Waals surface area contributed by atoms with Crippen molar-refractivity contribution in [3.63, 3.8) is 0 Å². The highest BCUT2D eigenvalue weighted by Gasteiger charge is 2.43. The summed E-state index contributed by atoms with van der Waals surface area (Å²) >= 11 is 0. The van der Waals surface area contributed by atoms with E-state index in [1.54, 1.807) is 4.90 Å². The van der Waals surface area contributed by atoms with Gasteiger partial charge in [-0.3, -0.25) is 9.59 Å². The first-order valence-corrected chi connectivity index (χ1v) is 8.99. The zero-order valence-electron chi connectivity index (χ0n) is 15.5. The molecular weight excluding hydrogens is 324 g/mol. The average Bonchev–Trinajstić information content (AvgIpc) is 2.86. The Morgan fingerprint density at radius 2 is 1.92 bits per heavy atom. The first-order valence-electron chi connectivity index (χ1n) is 8.99. The smallest absolute Gasteiger partial charge is 0.405 e. The van der Waals surface area contributed by atoms with Crippen LogP contribution in [0.15, 0.2) is 0 Å². The molecule has 8 heteroatoms. The number of hydrogen-bond donors (Lipinski definition) is 3. The number of carbonyl (C=O) groups is 3. The van der Waals surface area contributed by atoms with Gasteiger partial charge < -0.3 is 25.5 Å². The van der Waals surface area contributed by atoms with Crippen molar-refractivity contribution in [3.8, 4) is 0 Å². The third-order valence-electron chi connectivity index (χ3n) is 5.50. The molecular formula is C17H30N4O4. The summed E-state index contributed by atoms with van der Waals surface area (Å²) in [7, 11) is 2.09. The van der Waals surface area contributed by atoms with E-state index in [0.29, 0.717) is 25.0 Å². The number of carbonyl (C=O) groups excluding carboxylic acids is 2. The van der Waals surface area contributed by atoms with E-state index in [4.69, 9.17) is 5.11 Å². The van der Waals surface area contributed by atoms with Crippen molar-refractivity contribution in [2.24, 2.45) is 0 Å². The number of likely N-dealkylation sites (tertiary alicyclic amines) is 1. The first kappa shape index (κ1) is 19.5. The Morgan fingerprint density at radius 1 is 1.24 bits per heavy atom. The summed E-state index contributed by atoms with van der Waals surface area (Å²) in [4.78, 5) is 39.1. The topological polar surface area (TPSA) is 102 Å². The molecule has 0 aromatic heterocycles. The second kappa shape index (κ2) is 8.03. The van der Waals surface area contributed by atoms with Gasteiger partial charge in [0.2, 0.25) is 11.8 Å². The number of carboxylic acid groups (broad SMARTS) is 1. The van der Waals surface area contributed by atoms with Crippen molar-refractivity contribution in [3.05, 3.63) is 0 Å². The van der Waals surface area contributed by atoms with Crippen LogP contribution in [0.5, 0.6) is 0 Å². The molecule has 4 atom stereocenters. The van der Waals surface area contributed by atoms with E-state index in [1.807, 2.05) is 0 Å². The lowest BCUT2D eigenvalue weighted by atomic mass is 9.84. The predicted octanol–water partition coefficient (Wildman–Crippen LogP) is 0.621. The third kappa shape index (κ3) is 4.62. The van der Waals surface area contributed by atoms with Crippen LogP contribution in [0, 0.1) is 0 Å². The second-order valence-electron chi connectivity index (χ2n) is 7.42. The molecule has 0 bridgehead atoms. The standard InChI is InChI=1S/C17H30N4O4/c1-10(2)20(4)12-5-6-15(14(9-12)18-11(3)22)21-8-7-13(16(21)23)19-17(24)25/h10,12-15,19H,5-9H2,1-4H3,(H,18,22)(H,24,25)/t12-,13?,14-,15-/m1/s1. The highest BCUT2D eigenvalue weighted by Crippen LogP contribution is 2.30. The maximum atomic E-state index is 12.6. The van der Waals surface area contributed by atoms with Crippen molar-refractivity contribution >= 4 is 17.9 Å². The Morgan fingerprint density at radius 3 is 2.48 bits per heavy atom. The molecule has 2 fully saturated rings. The summed E-state index contributed by atoms with van der Waals surface area (Å²) in [5.74, 6) is -0.284. The van der Waals surface area contributed by atoms with E-state index in [0.717, 1.165) is 19.3 Å². The van der Waals surface area contributed by atoms with E-state index in [2.05, 4.69) is 36.4 Å². The Kier molecular flexibility index (Phi) is 6.26. The van der Waals surface area contributed by atoms with E-state index < -0.39 is 12.1 Å². The summed E-state index contributed by atoms with van der Waals surface area (Å²) in [6.45, 7) is 6.31. The second-order valence-corrected chi connectivity index (χ2v) is 7.42. The van der Waals surface area contributed by atoms with Gasteiger partial charge in [0.05, 0.1) is 12.1 Å². The van der Waals surface area contributed by atoms with Gasteiger partial charge in [0.15, 0.2) is 0 Å². The minimum Gasteiger partial charge on any atom is -0.465 e. The Hall–Kier alpha value is -1.83. The summed E-state index contributed by atoms with van der Waals surface area (Å²) in [5, 5.41) is 14.2. The molecule has 0 radical (unpaired) electrons. The van der Waals surface area contributed by atoms with Crippen LogP contribution < -0.4 is 10.6 Å². The van der Waals surface area contributed by atoms with Crippen molar-refractivity contribution in [2.75, 3.05) is 13.6 Å². The third-order valence-corrected chi connectivity index (χ3v) is 5.50. The van der Waals surface area contributed by atoms with E-state index in [1.165, 1.54) is 6.92 Å². The fourth-order valence-electron chi connectivity index (χ4n) is 4.03. The van der Waals surface area contributed by atoms with Gasteiger partial charge in [-0.25, -0.2) is 4.79 Å². The molecule has 1 aliphatic carbocycles. The number of hydrogen-bond acceptors (Lipinski definition) is 4. The molecule has 1 unspecified atom stereocenters. The largest absolute Gasteiger partial charge is 0.465 e. The lowest BCUT2D eigenvalue weighted by Gasteiger charge is -2.44. The van der Waals surface area contributed by atoms with Crippen LogP contribution in [0.4, 0.5) is 4.79 Å². The summed E-state index contributed by atoms with van der Waals surface area (Å²) in [6, 6.07) is -0.0823. The molecule has 1 aliphatic heterocycles. The number of rotatable bonds is 5. The summed E-state index contributed by atoms with van der Waals surface area (Å²) < 4.78 is 0. The van der Waals surface area contributed by atoms with Gasteiger partial charge in [-0.2, -0.15) is 0 Å². The SMILES string of the molecule is CC(=O)N[C@@H]1C[C@H](N(C)C(C)C)CC[C@H]1N1CCC(NC(=O)O)C1=O. The molecule has 142 valence electrons. The molecule has 1 saturated heterocycles. The van der Waals surface area contributed by atoms with Crippen LogP contribution in [-0.4, -0.2) is 76.6 Å². The van der Waals surface area contributed by atoms with Gasteiger partial charge in [-0.05, 0) is 46.6 Å². The highest BCUT2D eigenvalue weighted by molar-refractivity contribution is 5.87. The van der Waals surface area contributed by atoms with E-state index in [9.17, 15) is 14.4 Å². The maximum Gasteiger partial charge on any atom is 0.405 e. The Balaban J connectivity index is 2.09. The minimum atomic E-state index is -1.18. The zero-order valence-corrected chi connectivity index (χ0v) is 15.5. The van der Waals surface area contributed by atoms with Gasteiger partial charge in [0, 0.05) is 25.6 Å². The molecule has 1 saturated carbocycles. The van der Waals surface area contributed by atoms with Gasteiger partial charge in [0.25, 0.3) is 0 Å². The lowest BCUT2D eigenvalue weighted by molar-refractivity contribution is -0.134. The quantitative estimate of drug-likeness (QED) is 0.672. The molecule has 25 heavy (non-hydrogen) atoms. The maximum absolute atomic E-state index is 12.6. The molecule has 0 spiro atoms. The Labute approximate surface area is 148 Å². The number of nitrogens with one attached hydrogen (secondary N) is 2. The van der Waals surface area contributed by atoms with Gasteiger partial charge in [-0.1, -0.05) is 0 Å². The summed E-state index contributed by atoms with van der Waals surface area (Å²) in [5.41, 5.74) is 0. The van der Waals surface area contributed by atoms with E-state index >= 15 is 0 Å². The van der Waals surface area contributed by atoms with Crippen LogP contribution >= 0.6 is 0 Å². The molecule has 0 aromatic carbocycles. The molecule has 8 nitrogen and oxygen atoms in total. The van der Waals surface area contributed by atoms with Gasteiger partial charge >= 0.3 is 6.09 Å². The van der Waals surface area contributed by atoms with Gasteiger partial charge in [0.1, 0.15) is 6.04 Å². The first-order chi connectivity index (χ1) is 11.7. The van der Waals surface area contributed by atoms with E-state index in [-0.39, 0.29) is 23.9 Å². The van der Waals surface area contributed by atoms with Crippen LogP contribution in [0.25, 0.3) is 0 Å². The fraction of sp³-hybridized carbons (Fsp3) is 0.824. The minimum absolute atomic E-state index is 0.0752. The molecule has 3 N–H and O–H groups in total. The van der Waals surface area contributed by atoms with Crippen LogP contribution in [0.2, 0.25) is 0 Å². The fourth-order valence-corrected chi connectivity index (χ4v) is 4.03. The van der Waals surface area contributed by atoms with Crippen molar-refractivity contribution in [1.82, 2.24) is 20.4 Å². The monoisotopic (exact) mass is 354 g/mol. The molecule has 0 aromatic rings. The van der Waals surface area contributed by atoms with Gasteiger partial charge in [-0.15, -0.1) is 0 Å². The van der Waals surface area contributed by atoms with Crippen molar-refractivity contribution < 1.29 is 19.5 Å². The van der Waals surface area contributed by atoms with Crippen LogP contribution in [0.1, 0.15) is 46.5 Å². The molecule has 2 aliphatic rings. The Bertz CT molecular complexity index is 525. The molecule has 1 heterocycles. The van der Waals surface area contributed by atoms with Crippen LogP contribution in [0.3, 0.4) is 0 Å². The number of nitrogens with zero attached hydrogens (tertiary/aromatic N) is 2. The highest BCUT2D eigenvalue weighted by atomic mass is 16.4.